The van der Waals surface area contributed by atoms with Crippen LogP contribution in [-0.2, 0) is 4.74 Å². The predicted molar refractivity (Wildman–Crippen MR) is 66.8 cm³/mol. The van der Waals surface area contributed by atoms with E-state index in [0.717, 1.165) is 19.8 Å². The molecule has 2 saturated heterocycles. The first-order chi connectivity index (χ1) is 7.95. The highest BCUT2D eigenvalue weighted by molar-refractivity contribution is 4.71. The normalized spacial score (nSPS) is 25.5. The van der Waals surface area contributed by atoms with Crippen LogP contribution >= 0.6 is 0 Å². The topological polar surface area (TPSA) is 24.5 Å². The zero-order chi connectivity index (χ0) is 11.1. The van der Waals surface area contributed by atoms with Crippen molar-refractivity contribution in [1.82, 2.24) is 10.2 Å². The zero-order valence-electron chi connectivity index (χ0n) is 10.4. The molecule has 0 aromatic carbocycles. The lowest BCUT2D eigenvalue weighted by molar-refractivity contribution is 0.0772. The molecule has 3 nitrogen and oxygen atoms in total. The lowest BCUT2D eigenvalue weighted by atomic mass is 10.1. The van der Waals surface area contributed by atoms with Crippen molar-refractivity contribution < 1.29 is 4.74 Å². The second-order valence-electron chi connectivity index (χ2n) is 5.10. The third-order valence-electron chi connectivity index (χ3n) is 3.78. The van der Waals surface area contributed by atoms with E-state index in [9.17, 15) is 0 Å². The molecule has 0 spiro atoms. The van der Waals surface area contributed by atoms with Crippen molar-refractivity contribution >= 4 is 0 Å². The van der Waals surface area contributed by atoms with Crippen molar-refractivity contribution in [3.8, 4) is 0 Å². The number of nitrogens with one attached hydrogen (secondary N) is 1. The smallest absolute Gasteiger partial charge is 0.0480 e. The summed E-state index contributed by atoms with van der Waals surface area (Å²) in [5.74, 6) is 0. The first-order valence-electron chi connectivity index (χ1n) is 6.98. The monoisotopic (exact) mass is 226 g/mol. The molecule has 0 unspecified atom stereocenters. The largest absolute Gasteiger partial charge is 0.381 e. The SMILES string of the molecule is C1CCCN(CCNC2CCOCC2)CC1. The Morgan fingerprint density at radius 1 is 1.00 bits per heavy atom. The molecule has 2 heterocycles. The van der Waals surface area contributed by atoms with E-state index in [2.05, 4.69) is 10.2 Å². The van der Waals surface area contributed by atoms with Crippen LogP contribution in [0.5, 0.6) is 0 Å². The molecule has 1 N–H and O–H groups in total. The maximum Gasteiger partial charge on any atom is 0.0480 e. The van der Waals surface area contributed by atoms with Crippen molar-refractivity contribution in [2.45, 2.75) is 44.6 Å². The molecule has 0 bridgehead atoms. The van der Waals surface area contributed by atoms with Crippen LogP contribution in [0.1, 0.15) is 38.5 Å². The highest BCUT2D eigenvalue weighted by Gasteiger charge is 2.13. The van der Waals surface area contributed by atoms with E-state index < -0.39 is 0 Å². The Labute approximate surface area is 99.5 Å². The number of hydrogen-bond acceptors (Lipinski definition) is 3. The fourth-order valence-corrected chi connectivity index (χ4v) is 2.69. The van der Waals surface area contributed by atoms with Gasteiger partial charge in [-0.05, 0) is 38.8 Å². The Balaban J connectivity index is 1.55. The van der Waals surface area contributed by atoms with Gasteiger partial charge in [-0.1, -0.05) is 12.8 Å². The van der Waals surface area contributed by atoms with Gasteiger partial charge < -0.3 is 15.0 Å². The lowest BCUT2D eigenvalue weighted by Crippen LogP contribution is -2.40. The Morgan fingerprint density at radius 2 is 1.69 bits per heavy atom. The van der Waals surface area contributed by atoms with Crippen molar-refractivity contribution in [1.29, 1.82) is 0 Å². The fraction of sp³-hybridized carbons (Fsp3) is 1.00. The first kappa shape index (κ1) is 12.3. The molecule has 0 aliphatic carbocycles. The maximum atomic E-state index is 5.36. The van der Waals surface area contributed by atoms with Crippen LogP contribution in [0.15, 0.2) is 0 Å². The summed E-state index contributed by atoms with van der Waals surface area (Å²) in [6, 6.07) is 0.709. The molecule has 0 saturated carbocycles. The number of rotatable bonds is 4. The summed E-state index contributed by atoms with van der Waals surface area (Å²) in [6.07, 6.45) is 8.06. The Morgan fingerprint density at radius 3 is 2.38 bits per heavy atom. The second kappa shape index (κ2) is 7.25. The van der Waals surface area contributed by atoms with Crippen molar-refractivity contribution in [2.75, 3.05) is 39.4 Å². The first-order valence-corrected chi connectivity index (χ1v) is 6.98. The molecule has 0 radical (unpaired) electrons. The van der Waals surface area contributed by atoms with Crippen molar-refractivity contribution in [3.05, 3.63) is 0 Å². The van der Waals surface area contributed by atoms with Crippen LogP contribution in [0.4, 0.5) is 0 Å². The van der Waals surface area contributed by atoms with Crippen molar-refractivity contribution in [2.24, 2.45) is 0 Å². The average Bonchev–Trinajstić information content (AvgIpc) is 2.59. The lowest BCUT2D eigenvalue weighted by Gasteiger charge is -2.25. The number of ether oxygens (including phenoxy) is 1. The van der Waals surface area contributed by atoms with Crippen LogP contribution in [-0.4, -0.2) is 50.3 Å². The minimum atomic E-state index is 0.709. The summed E-state index contributed by atoms with van der Waals surface area (Å²) in [5.41, 5.74) is 0. The molecule has 0 aromatic rings. The minimum Gasteiger partial charge on any atom is -0.381 e. The third-order valence-corrected chi connectivity index (χ3v) is 3.78. The molecule has 3 heteroatoms. The molecule has 0 atom stereocenters. The van der Waals surface area contributed by atoms with E-state index in [-0.39, 0.29) is 0 Å². The third kappa shape index (κ3) is 4.40. The summed E-state index contributed by atoms with van der Waals surface area (Å²) < 4.78 is 5.36. The van der Waals surface area contributed by atoms with E-state index >= 15 is 0 Å². The van der Waals surface area contributed by atoms with Gasteiger partial charge in [-0.2, -0.15) is 0 Å². The Bertz CT molecular complexity index is 173. The number of nitrogens with zero attached hydrogens (tertiary/aromatic N) is 1. The Kier molecular flexibility index (Phi) is 5.59. The molecule has 2 aliphatic heterocycles. The van der Waals surface area contributed by atoms with Crippen LogP contribution in [0, 0.1) is 0 Å². The summed E-state index contributed by atoms with van der Waals surface area (Å²) in [7, 11) is 0. The van der Waals surface area contributed by atoms with Gasteiger partial charge in [-0.15, -0.1) is 0 Å². The standard InChI is InChI=1S/C13H26N2O/c1-2-4-9-15(8-3-1)10-7-14-13-5-11-16-12-6-13/h13-14H,1-12H2. The fourth-order valence-electron chi connectivity index (χ4n) is 2.69. The van der Waals surface area contributed by atoms with Gasteiger partial charge in [0.25, 0.3) is 0 Å². The summed E-state index contributed by atoms with van der Waals surface area (Å²) >= 11 is 0. The van der Waals surface area contributed by atoms with Gasteiger partial charge in [0.1, 0.15) is 0 Å². The molecule has 94 valence electrons. The zero-order valence-corrected chi connectivity index (χ0v) is 10.4. The van der Waals surface area contributed by atoms with E-state index in [4.69, 9.17) is 4.74 Å². The van der Waals surface area contributed by atoms with Gasteiger partial charge >= 0.3 is 0 Å². The van der Waals surface area contributed by atoms with Gasteiger partial charge in [-0.25, -0.2) is 0 Å². The average molecular weight is 226 g/mol. The maximum absolute atomic E-state index is 5.36. The molecular weight excluding hydrogens is 200 g/mol. The molecule has 0 aromatic heterocycles. The summed E-state index contributed by atoms with van der Waals surface area (Å²) in [5, 5.41) is 3.67. The minimum absolute atomic E-state index is 0.709. The van der Waals surface area contributed by atoms with Crippen LogP contribution in [0.25, 0.3) is 0 Å². The number of likely N-dealkylation sites (tertiary alicyclic amines) is 1. The van der Waals surface area contributed by atoms with Crippen LogP contribution < -0.4 is 5.32 Å². The van der Waals surface area contributed by atoms with E-state index in [1.807, 2.05) is 0 Å². The molecule has 2 aliphatic rings. The van der Waals surface area contributed by atoms with Crippen LogP contribution in [0.3, 0.4) is 0 Å². The van der Waals surface area contributed by atoms with Gasteiger partial charge in [0, 0.05) is 32.3 Å². The molecular formula is C13H26N2O. The molecule has 0 amide bonds. The van der Waals surface area contributed by atoms with Gasteiger partial charge in [0.15, 0.2) is 0 Å². The van der Waals surface area contributed by atoms with Gasteiger partial charge in [-0.3, -0.25) is 0 Å². The second-order valence-corrected chi connectivity index (χ2v) is 5.10. The number of hydrogen-bond donors (Lipinski definition) is 1. The van der Waals surface area contributed by atoms with Gasteiger partial charge in [0.05, 0.1) is 0 Å². The van der Waals surface area contributed by atoms with Gasteiger partial charge in [0.2, 0.25) is 0 Å². The van der Waals surface area contributed by atoms with E-state index in [1.54, 1.807) is 0 Å². The summed E-state index contributed by atoms with van der Waals surface area (Å²) in [6.45, 7) is 6.91. The van der Waals surface area contributed by atoms with E-state index in [1.165, 1.54) is 58.2 Å². The highest BCUT2D eigenvalue weighted by atomic mass is 16.5. The quantitative estimate of drug-likeness (QED) is 0.788. The molecule has 2 rings (SSSR count). The summed E-state index contributed by atoms with van der Waals surface area (Å²) in [4.78, 5) is 2.62. The van der Waals surface area contributed by atoms with Crippen LogP contribution in [0.2, 0.25) is 0 Å². The highest BCUT2D eigenvalue weighted by Crippen LogP contribution is 2.09. The predicted octanol–water partition coefficient (Wildman–Crippen LogP) is 1.63. The Hall–Kier alpha value is -0.120. The van der Waals surface area contributed by atoms with E-state index in [0.29, 0.717) is 6.04 Å². The molecule has 16 heavy (non-hydrogen) atoms. The molecule has 2 fully saturated rings. The van der Waals surface area contributed by atoms with Crippen molar-refractivity contribution in [3.63, 3.8) is 0 Å².